The standard InChI is InChI=1S/C14H12N4O3/c19-13(17-18-6-7-21-14(18)20)11-8-15-12(16-9-11)10-4-2-1-3-5-10/h1-5,8-9H,6-7H2,(H,17,19). The summed E-state index contributed by atoms with van der Waals surface area (Å²) in [4.78, 5) is 31.5. The Labute approximate surface area is 120 Å². The summed E-state index contributed by atoms with van der Waals surface area (Å²) in [6.07, 6.45) is 2.28. The summed E-state index contributed by atoms with van der Waals surface area (Å²) in [5.74, 6) is 0.0844. The van der Waals surface area contributed by atoms with E-state index >= 15 is 0 Å². The second-order valence-electron chi connectivity index (χ2n) is 4.37. The van der Waals surface area contributed by atoms with E-state index in [1.54, 1.807) is 0 Å². The van der Waals surface area contributed by atoms with Gasteiger partial charge in [0, 0.05) is 18.0 Å². The minimum absolute atomic E-state index is 0.266. The molecule has 106 valence electrons. The lowest BCUT2D eigenvalue weighted by Crippen LogP contribution is -2.42. The van der Waals surface area contributed by atoms with Gasteiger partial charge in [-0.05, 0) is 0 Å². The van der Waals surface area contributed by atoms with Crippen LogP contribution in [0.3, 0.4) is 0 Å². The van der Waals surface area contributed by atoms with Crippen molar-refractivity contribution in [1.29, 1.82) is 0 Å². The molecule has 1 aromatic carbocycles. The number of rotatable bonds is 3. The summed E-state index contributed by atoms with van der Waals surface area (Å²) in [6, 6.07) is 9.45. The Balaban J connectivity index is 1.72. The van der Waals surface area contributed by atoms with Crippen molar-refractivity contribution in [3.8, 4) is 11.4 Å². The lowest BCUT2D eigenvalue weighted by Gasteiger charge is -2.13. The van der Waals surface area contributed by atoms with Crippen LogP contribution in [0, 0.1) is 0 Å². The minimum Gasteiger partial charge on any atom is -0.446 e. The van der Waals surface area contributed by atoms with Crippen molar-refractivity contribution >= 4 is 12.0 Å². The van der Waals surface area contributed by atoms with Gasteiger partial charge < -0.3 is 4.74 Å². The molecular weight excluding hydrogens is 272 g/mol. The number of hydrogen-bond acceptors (Lipinski definition) is 5. The molecule has 0 aliphatic carbocycles. The predicted molar refractivity (Wildman–Crippen MR) is 73.0 cm³/mol. The van der Waals surface area contributed by atoms with E-state index in [1.165, 1.54) is 12.4 Å². The van der Waals surface area contributed by atoms with Crippen LogP contribution in [0.2, 0.25) is 0 Å². The third-order valence-electron chi connectivity index (χ3n) is 2.94. The SMILES string of the molecule is O=C(NN1CCOC1=O)c1cnc(-c2ccccc2)nc1. The van der Waals surface area contributed by atoms with Gasteiger partial charge in [-0.1, -0.05) is 30.3 Å². The van der Waals surface area contributed by atoms with Crippen LogP contribution in [0.25, 0.3) is 11.4 Å². The molecule has 1 aromatic heterocycles. The van der Waals surface area contributed by atoms with Crippen LogP contribution in [0.5, 0.6) is 0 Å². The van der Waals surface area contributed by atoms with Gasteiger partial charge >= 0.3 is 6.09 Å². The van der Waals surface area contributed by atoms with Gasteiger partial charge in [0.1, 0.15) is 6.61 Å². The van der Waals surface area contributed by atoms with Gasteiger partial charge in [-0.25, -0.2) is 19.8 Å². The minimum atomic E-state index is -0.565. The summed E-state index contributed by atoms with van der Waals surface area (Å²) in [7, 11) is 0. The topological polar surface area (TPSA) is 84.4 Å². The second kappa shape index (κ2) is 5.58. The molecule has 2 aromatic rings. The van der Waals surface area contributed by atoms with Gasteiger partial charge in [0.2, 0.25) is 0 Å². The number of carbonyl (C=O) groups excluding carboxylic acids is 2. The van der Waals surface area contributed by atoms with Crippen LogP contribution in [0.1, 0.15) is 10.4 Å². The van der Waals surface area contributed by atoms with E-state index in [2.05, 4.69) is 15.4 Å². The predicted octanol–water partition coefficient (Wildman–Crippen LogP) is 1.24. The first-order valence-corrected chi connectivity index (χ1v) is 6.37. The van der Waals surface area contributed by atoms with Gasteiger partial charge in [-0.2, -0.15) is 0 Å². The van der Waals surface area contributed by atoms with Crippen molar-refractivity contribution in [1.82, 2.24) is 20.4 Å². The molecule has 2 amide bonds. The molecule has 0 saturated carbocycles. The summed E-state index contributed by atoms with van der Waals surface area (Å²) < 4.78 is 4.72. The molecule has 1 N–H and O–H groups in total. The van der Waals surface area contributed by atoms with Crippen molar-refractivity contribution in [3.63, 3.8) is 0 Å². The molecule has 0 bridgehead atoms. The maximum Gasteiger partial charge on any atom is 0.428 e. The highest BCUT2D eigenvalue weighted by atomic mass is 16.6. The van der Waals surface area contributed by atoms with Crippen molar-refractivity contribution in [2.45, 2.75) is 0 Å². The highest BCUT2D eigenvalue weighted by Crippen LogP contribution is 2.13. The number of hydrogen-bond donors (Lipinski definition) is 1. The first kappa shape index (κ1) is 13.0. The first-order valence-electron chi connectivity index (χ1n) is 6.37. The van der Waals surface area contributed by atoms with Crippen LogP contribution >= 0.6 is 0 Å². The maximum absolute atomic E-state index is 12.0. The van der Waals surface area contributed by atoms with Crippen LogP contribution in [-0.4, -0.2) is 40.1 Å². The second-order valence-corrected chi connectivity index (χ2v) is 4.37. The van der Waals surface area contributed by atoms with Gasteiger partial charge in [-0.3, -0.25) is 10.2 Å². The fourth-order valence-electron chi connectivity index (χ4n) is 1.86. The van der Waals surface area contributed by atoms with Gasteiger partial charge in [-0.15, -0.1) is 0 Å². The molecule has 1 aliphatic rings. The molecule has 0 unspecified atom stereocenters. The van der Waals surface area contributed by atoms with E-state index in [-0.39, 0.29) is 12.2 Å². The van der Waals surface area contributed by atoms with E-state index in [0.717, 1.165) is 10.6 Å². The quantitative estimate of drug-likeness (QED) is 0.916. The van der Waals surface area contributed by atoms with Crippen molar-refractivity contribution in [3.05, 3.63) is 48.3 Å². The van der Waals surface area contributed by atoms with Crippen LogP contribution in [0.4, 0.5) is 4.79 Å². The third kappa shape index (κ3) is 2.81. The molecule has 1 fully saturated rings. The molecule has 7 heteroatoms. The molecule has 0 atom stereocenters. The van der Waals surface area contributed by atoms with Gasteiger partial charge in [0.15, 0.2) is 5.82 Å². The van der Waals surface area contributed by atoms with E-state index in [0.29, 0.717) is 12.4 Å². The average Bonchev–Trinajstić information content (AvgIpc) is 2.93. The fourth-order valence-corrected chi connectivity index (χ4v) is 1.86. The van der Waals surface area contributed by atoms with Crippen LogP contribution < -0.4 is 5.43 Å². The molecule has 2 heterocycles. The molecule has 0 spiro atoms. The maximum atomic E-state index is 12.0. The Bertz CT molecular complexity index is 658. The van der Waals surface area contributed by atoms with Crippen molar-refractivity contribution in [2.24, 2.45) is 0 Å². The molecule has 21 heavy (non-hydrogen) atoms. The number of ether oxygens (including phenoxy) is 1. The Morgan fingerprint density at radius 1 is 1.19 bits per heavy atom. The van der Waals surface area contributed by atoms with E-state index < -0.39 is 12.0 Å². The van der Waals surface area contributed by atoms with E-state index in [9.17, 15) is 9.59 Å². The highest BCUT2D eigenvalue weighted by Gasteiger charge is 2.24. The van der Waals surface area contributed by atoms with Crippen LogP contribution in [-0.2, 0) is 4.74 Å². The number of carbonyl (C=O) groups is 2. The zero-order chi connectivity index (χ0) is 14.7. The summed E-state index contributed by atoms with van der Waals surface area (Å²) in [5, 5.41) is 1.12. The van der Waals surface area contributed by atoms with E-state index in [1.807, 2.05) is 30.3 Å². The lowest BCUT2D eigenvalue weighted by atomic mass is 10.2. The number of nitrogens with zero attached hydrogens (tertiary/aromatic N) is 3. The summed E-state index contributed by atoms with van der Waals surface area (Å²) >= 11 is 0. The Morgan fingerprint density at radius 2 is 1.90 bits per heavy atom. The fraction of sp³-hybridized carbons (Fsp3) is 0.143. The Morgan fingerprint density at radius 3 is 2.52 bits per heavy atom. The molecule has 3 rings (SSSR count). The number of nitrogens with one attached hydrogen (secondary N) is 1. The highest BCUT2D eigenvalue weighted by molar-refractivity contribution is 5.94. The molecule has 0 radical (unpaired) electrons. The summed E-state index contributed by atoms with van der Waals surface area (Å²) in [6.45, 7) is 0.593. The van der Waals surface area contributed by atoms with E-state index in [4.69, 9.17) is 4.74 Å². The zero-order valence-corrected chi connectivity index (χ0v) is 11.0. The monoisotopic (exact) mass is 284 g/mol. The molecule has 1 saturated heterocycles. The van der Waals surface area contributed by atoms with Gasteiger partial charge in [0.05, 0.1) is 12.1 Å². The first-order chi connectivity index (χ1) is 10.2. The number of hydrazine groups is 1. The summed E-state index contributed by atoms with van der Waals surface area (Å²) in [5.41, 5.74) is 3.58. The number of aromatic nitrogens is 2. The number of amides is 2. The van der Waals surface area contributed by atoms with Gasteiger partial charge in [0.25, 0.3) is 5.91 Å². The van der Waals surface area contributed by atoms with Crippen LogP contribution in [0.15, 0.2) is 42.7 Å². The third-order valence-corrected chi connectivity index (χ3v) is 2.94. The smallest absolute Gasteiger partial charge is 0.428 e. The van der Waals surface area contributed by atoms with Crippen molar-refractivity contribution < 1.29 is 14.3 Å². The normalized spacial score (nSPS) is 13.9. The molecular formula is C14H12N4O3. The average molecular weight is 284 g/mol. The number of cyclic esters (lactones) is 1. The Kier molecular flexibility index (Phi) is 3.46. The largest absolute Gasteiger partial charge is 0.446 e. The number of benzene rings is 1. The lowest BCUT2D eigenvalue weighted by molar-refractivity contribution is 0.0831. The molecule has 7 nitrogen and oxygen atoms in total. The Hall–Kier alpha value is -2.96. The van der Waals surface area contributed by atoms with Crippen molar-refractivity contribution in [2.75, 3.05) is 13.2 Å². The zero-order valence-electron chi connectivity index (χ0n) is 11.0. The molecule has 1 aliphatic heterocycles.